The Morgan fingerprint density at radius 3 is 2.24 bits per heavy atom. The van der Waals surface area contributed by atoms with Crippen LogP contribution in [0.15, 0.2) is 17.2 Å². The van der Waals surface area contributed by atoms with E-state index in [0.717, 1.165) is 6.07 Å². The van der Waals surface area contributed by atoms with Gasteiger partial charge in [0.25, 0.3) is 6.43 Å². The summed E-state index contributed by atoms with van der Waals surface area (Å²) in [5.74, 6) is 0. The van der Waals surface area contributed by atoms with Crippen LogP contribution in [0.25, 0.3) is 0 Å². The van der Waals surface area contributed by atoms with E-state index in [9.17, 15) is 17.2 Å². The third-order valence-electron chi connectivity index (χ3n) is 2.26. The third-order valence-corrected chi connectivity index (χ3v) is 3.20. The van der Waals surface area contributed by atoms with E-state index in [0.29, 0.717) is 5.56 Å². The van der Waals surface area contributed by atoms with Crippen molar-refractivity contribution in [3.8, 4) is 0 Å². The summed E-state index contributed by atoms with van der Waals surface area (Å²) in [6.45, 7) is 5.46. The number of rotatable bonds is 2. The minimum atomic E-state index is -4.20. The SMILES string of the molecule is CC(C)(C)c1cnc(C(F)F)c(S(N)(=O)=O)c1. The second kappa shape index (κ2) is 4.30. The molecule has 0 fully saturated rings. The Morgan fingerprint density at radius 2 is 1.88 bits per heavy atom. The molecule has 0 saturated heterocycles. The zero-order chi connectivity index (χ0) is 13.4. The van der Waals surface area contributed by atoms with Crippen LogP contribution in [0.1, 0.15) is 38.5 Å². The molecule has 0 radical (unpaired) electrons. The van der Waals surface area contributed by atoms with Gasteiger partial charge in [-0.15, -0.1) is 0 Å². The summed E-state index contributed by atoms with van der Waals surface area (Å²) in [6, 6.07) is 1.16. The van der Waals surface area contributed by atoms with E-state index in [-0.39, 0.29) is 0 Å². The average Bonchev–Trinajstić information content (AvgIpc) is 2.14. The molecule has 96 valence electrons. The van der Waals surface area contributed by atoms with Gasteiger partial charge in [-0.05, 0) is 17.0 Å². The molecule has 1 rings (SSSR count). The van der Waals surface area contributed by atoms with E-state index >= 15 is 0 Å². The number of sulfonamides is 1. The van der Waals surface area contributed by atoms with Crippen LogP contribution in [-0.2, 0) is 15.4 Å². The minimum Gasteiger partial charge on any atom is -0.254 e. The highest BCUT2D eigenvalue weighted by Crippen LogP contribution is 2.29. The highest BCUT2D eigenvalue weighted by Gasteiger charge is 2.25. The highest BCUT2D eigenvalue weighted by molar-refractivity contribution is 7.89. The van der Waals surface area contributed by atoms with Crippen molar-refractivity contribution in [2.75, 3.05) is 0 Å². The molecule has 1 aromatic heterocycles. The summed E-state index contributed by atoms with van der Waals surface area (Å²) in [4.78, 5) is 2.89. The Labute approximate surface area is 98.9 Å². The molecule has 0 aliphatic heterocycles. The maximum Gasteiger partial charge on any atom is 0.281 e. The molecule has 0 aromatic carbocycles. The average molecular weight is 264 g/mol. The number of hydrogen-bond acceptors (Lipinski definition) is 3. The molecule has 2 N–H and O–H groups in total. The lowest BCUT2D eigenvalue weighted by atomic mass is 9.88. The van der Waals surface area contributed by atoms with Crippen LogP contribution in [0, 0.1) is 0 Å². The number of pyridine rings is 1. The second-order valence-electron chi connectivity index (χ2n) is 4.70. The summed E-state index contributed by atoms with van der Waals surface area (Å²) in [7, 11) is -4.20. The molecule has 0 aliphatic carbocycles. The van der Waals surface area contributed by atoms with Crippen LogP contribution in [0.5, 0.6) is 0 Å². The predicted octanol–water partition coefficient (Wildman–Crippen LogP) is 1.96. The Kier molecular flexibility index (Phi) is 3.54. The molecule has 0 saturated carbocycles. The first-order valence-corrected chi connectivity index (χ1v) is 6.39. The highest BCUT2D eigenvalue weighted by atomic mass is 32.2. The monoisotopic (exact) mass is 264 g/mol. The van der Waals surface area contributed by atoms with Gasteiger partial charge in [0.05, 0.1) is 0 Å². The largest absolute Gasteiger partial charge is 0.281 e. The van der Waals surface area contributed by atoms with E-state index in [1.165, 1.54) is 6.20 Å². The lowest BCUT2D eigenvalue weighted by Gasteiger charge is -2.20. The zero-order valence-corrected chi connectivity index (χ0v) is 10.6. The first-order chi connectivity index (χ1) is 7.53. The molecule has 0 bridgehead atoms. The van der Waals surface area contributed by atoms with E-state index in [2.05, 4.69) is 4.98 Å². The van der Waals surface area contributed by atoms with Crippen LogP contribution < -0.4 is 5.14 Å². The molecule has 1 aromatic rings. The third kappa shape index (κ3) is 3.19. The van der Waals surface area contributed by atoms with Gasteiger partial charge in [0.1, 0.15) is 10.6 Å². The second-order valence-corrected chi connectivity index (χ2v) is 6.23. The fourth-order valence-electron chi connectivity index (χ4n) is 1.26. The summed E-state index contributed by atoms with van der Waals surface area (Å²) >= 11 is 0. The van der Waals surface area contributed by atoms with Crippen LogP contribution in [0.4, 0.5) is 8.78 Å². The van der Waals surface area contributed by atoms with Crippen molar-refractivity contribution in [3.63, 3.8) is 0 Å². The van der Waals surface area contributed by atoms with Gasteiger partial charge in [0.15, 0.2) is 0 Å². The van der Waals surface area contributed by atoms with Crippen molar-refractivity contribution < 1.29 is 17.2 Å². The molecule has 17 heavy (non-hydrogen) atoms. The van der Waals surface area contributed by atoms with Crippen LogP contribution in [-0.4, -0.2) is 13.4 Å². The Balaban J connectivity index is 3.52. The van der Waals surface area contributed by atoms with Gasteiger partial charge >= 0.3 is 0 Å². The maximum absolute atomic E-state index is 12.6. The molecular formula is C10H14F2N2O2S. The molecule has 0 unspecified atom stereocenters. The molecule has 7 heteroatoms. The van der Waals surface area contributed by atoms with Crippen LogP contribution in [0.2, 0.25) is 0 Å². The van der Waals surface area contributed by atoms with E-state index in [1.807, 2.05) is 20.8 Å². The summed E-state index contributed by atoms with van der Waals surface area (Å²) in [5.41, 5.74) is -0.668. The van der Waals surface area contributed by atoms with Gasteiger partial charge in [0, 0.05) is 6.20 Å². The van der Waals surface area contributed by atoms with Gasteiger partial charge < -0.3 is 0 Å². The topological polar surface area (TPSA) is 73.0 Å². The summed E-state index contributed by atoms with van der Waals surface area (Å²) in [6.07, 6.45) is -1.73. The molecule has 4 nitrogen and oxygen atoms in total. The number of halogens is 2. The Bertz CT molecular complexity index is 522. The maximum atomic E-state index is 12.6. The van der Waals surface area contributed by atoms with E-state index < -0.39 is 32.5 Å². The lowest BCUT2D eigenvalue weighted by molar-refractivity contribution is 0.142. The van der Waals surface area contributed by atoms with Crippen molar-refractivity contribution in [1.82, 2.24) is 4.98 Å². The number of nitrogens with zero attached hydrogens (tertiary/aromatic N) is 1. The molecule has 0 amide bonds. The van der Waals surface area contributed by atoms with Crippen LogP contribution >= 0.6 is 0 Å². The summed E-state index contributed by atoms with van der Waals surface area (Å²) < 4.78 is 47.7. The molecule has 0 atom stereocenters. The van der Waals surface area contributed by atoms with E-state index in [4.69, 9.17) is 5.14 Å². The number of aromatic nitrogens is 1. The van der Waals surface area contributed by atoms with Gasteiger partial charge in [0.2, 0.25) is 10.0 Å². The number of hydrogen-bond donors (Lipinski definition) is 1. The van der Waals surface area contributed by atoms with Crippen molar-refractivity contribution in [2.45, 2.75) is 37.5 Å². The Morgan fingerprint density at radius 1 is 1.35 bits per heavy atom. The predicted molar refractivity (Wildman–Crippen MR) is 59.3 cm³/mol. The van der Waals surface area contributed by atoms with E-state index in [1.54, 1.807) is 0 Å². The lowest BCUT2D eigenvalue weighted by Crippen LogP contribution is -2.19. The Hall–Kier alpha value is -1.08. The first-order valence-electron chi connectivity index (χ1n) is 4.85. The first kappa shape index (κ1) is 14.0. The molecule has 0 aliphatic rings. The smallest absolute Gasteiger partial charge is 0.254 e. The fourth-order valence-corrected chi connectivity index (χ4v) is 1.98. The minimum absolute atomic E-state index is 0.396. The molecule has 1 heterocycles. The number of primary sulfonamides is 1. The van der Waals surface area contributed by atoms with Crippen LogP contribution in [0.3, 0.4) is 0 Å². The fraction of sp³-hybridized carbons (Fsp3) is 0.500. The van der Waals surface area contributed by atoms with Crippen molar-refractivity contribution >= 4 is 10.0 Å². The standard InChI is InChI=1S/C10H14F2N2O2S/c1-10(2,3)6-4-7(17(13,15)16)8(9(11)12)14-5-6/h4-5,9H,1-3H3,(H2,13,15,16). The van der Waals surface area contributed by atoms with Gasteiger partial charge in [-0.2, -0.15) is 0 Å². The number of alkyl halides is 2. The molecular weight excluding hydrogens is 250 g/mol. The van der Waals surface area contributed by atoms with Gasteiger partial charge in [-0.25, -0.2) is 22.3 Å². The van der Waals surface area contributed by atoms with Crippen molar-refractivity contribution in [1.29, 1.82) is 0 Å². The molecule has 0 spiro atoms. The zero-order valence-electron chi connectivity index (χ0n) is 9.74. The van der Waals surface area contributed by atoms with Gasteiger partial charge in [-0.3, -0.25) is 4.98 Å². The van der Waals surface area contributed by atoms with Gasteiger partial charge in [-0.1, -0.05) is 20.8 Å². The van der Waals surface area contributed by atoms with Crippen molar-refractivity contribution in [3.05, 3.63) is 23.5 Å². The summed E-state index contributed by atoms with van der Waals surface area (Å²) in [5, 5.41) is 4.91. The number of nitrogens with two attached hydrogens (primary N) is 1. The quantitative estimate of drug-likeness (QED) is 0.887. The normalized spacial score (nSPS) is 13.1. The van der Waals surface area contributed by atoms with Crippen molar-refractivity contribution in [2.24, 2.45) is 5.14 Å².